The third kappa shape index (κ3) is 2.50. The molecule has 0 saturated carbocycles. The monoisotopic (exact) mass is 235 g/mol. The van der Waals surface area contributed by atoms with Gasteiger partial charge in [0.05, 0.1) is 6.61 Å². The molecule has 17 heavy (non-hydrogen) atoms. The molecule has 5 nitrogen and oxygen atoms in total. The van der Waals surface area contributed by atoms with E-state index in [1.54, 1.807) is 31.2 Å². The van der Waals surface area contributed by atoms with Crippen molar-refractivity contribution in [1.29, 1.82) is 0 Å². The van der Waals surface area contributed by atoms with Crippen LogP contribution in [0.25, 0.3) is 6.08 Å². The second kappa shape index (κ2) is 4.78. The van der Waals surface area contributed by atoms with E-state index < -0.39 is 5.97 Å². The molecule has 2 rings (SSSR count). The molecule has 1 heterocycles. The molecule has 0 fully saturated rings. The van der Waals surface area contributed by atoms with Crippen molar-refractivity contribution < 1.29 is 19.0 Å². The van der Waals surface area contributed by atoms with Crippen molar-refractivity contribution in [2.45, 2.75) is 6.92 Å². The molecule has 2 N–H and O–H groups in total. The normalized spacial score (nSPS) is 13.6. The lowest BCUT2D eigenvalue weighted by Gasteiger charge is -2.02. The quantitative estimate of drug-likeness (QED) is 0.631. The van der Waals surface area contributed by atoms with Gasteiger partial charge in [0.2, 0.25) is 6.79 Å². The number of hydrogen-bond donors (Lipinski definition) is 1. The first kappa shape index (κ1) is 11.3. The number of carbonyl (C=O) groups excluding carboxylic acids is 1. The summed E-state index contributed by atoms with van der Waals surface area (Å²) in [5.41, 5.74) is 6.42. The number of ether oxygens (including phenoxy) is 3. The van der Waals surface area contributed by atoms with Gasteiger partial charge in [-0.05, 0) is 30.7 Å². The summed E-state index contributed by atoms with van der Waals surface area (Å²) in [7, 11) is 0. The molecule has 0 radical (unpaired) electrons. The van der Waals surface area contributed by atoms with Crippen LogP contribution in [0.5, 0.6) is 11.5 Å². The van der Waals surface area contributed by atoms with E-state index in [0.717, 1.165) is 5.56 Å². The second-order valence-corrected chi connectivity index (χ2v) is 3.43. The fourth-order valence-corrected chi connectivity index (χ4v) is 1.46. The van der Waals surface area contributed by atoms with Crippen LogP contribution in [0.4, 0.5) is 0 Å². The lowest BCUT2D eigenvalue weighted by molar-refractivity contribution is -0.138. The minimum absolute atomic E-state index is 0.0608. The minimum atomic E-state index is -0.523. The van der Waals surface area contributed by atoms with Gasteiger partial charge in [-0.3, -0.25) is 0 Å². The molecule has 0 atom stereocenters. The van der Waals surface area contributed by atoms with Gasteiger partial charge in [-0.2, -0.15) is 0 Å². The third-order valence-electron chi connectivity index (χ3n) is 2.23. The van der Waals surface area contributed by atoms with Gasteiger partial charge in [0.1, 0.15) is 5.70 Å². The van der Waals surface area contributed by atoms with Crippen molar-refractivity contribution in [3.63, 3.8) is 0 Å². The summed E-state index contributed by atoms with van der Waals surface area (Å²) >= 11 is 0. The van der Waals surface area contributed by atoms with Crippen molar-refractivity contribution in [2.24, 2.45) is 5.73 Å². The molecule has 1 aromatic rings. The number of rotatable bonds is 3. The van der Waals surface area contributed by atoms with Gasteiger partial charge >= 0.3 is 5.97 Å². The Labute approximate surface area is 98.8 Å². The third-order valence-corrected chi connectivity index (χ3v) is 2.23. The molecular formula is C12H13NO4. The van der Waals surface area contributed by atoms with E-state index in [4.69, 9.17) is 19.9 Å². The van der Waals surface area contributed by atoms with E-state index in [1.165, 1.54) is 0 Å². The molecule has 0 unspecified atom stereocenters. The summed E-state index contributed by atoms with van der Waals surface area (Å²) in [6.07, 6.45) is 1.54. The Bertz CT molecular complexity index is 468. The van der Waals surface area contributed by atoms with E-state index in [0.29, 0.717) is 18.1 Å². The summed E-state index contributed by atoms with van der Waals surface area (Å²) in [4.78, 5) is 11.3. The summed E-state index contributed by atoms with van der Waals surface area (Å²) in [6, 6.07) is 5.32. The molecule has 0 bridgehead atoms. The molecule has 0 amide bonds. The van der Waals surface area contributed by atoms with Gasteiger partial charge in [0.25, 0.3) is 0 Å². The zero-order chi connectivity index (χ0) is 12.3. The SMILES string of the molecule is CCOC(=O)/C(N)=C/c1ccc2c(c1)OCO2. The molecule has 90 valence electrons. The fraction of sp³-hybridized carbons (Fsp3) is 0.250. The molecule has 0 spiro atoms. The van der Waals surface area contributed by atoms with Crippen LogP contribution >= 0.6 is 0 Å². The van der Waals surface area contributed by atoms with E-state index in [-0.39, 0.29) is 12.5 Å². The van der Waals surface area contributed by atoms with E-state index >= 15 is 0 Å². The summed E-state index contributed by atoms with van der Waals surface area (Å²) < 4.78 is 15.2. The smallest absolute Gasteiger partial charge is 0.354 e. The standard InChI is InChI=1S/C12H13NO4/c1-2-15-12(14)9(13)5-8-3-4-10-11(6-8)17-7-16-10/h3-6H,2,7,13H2,1H3/b9-5-. The Kier molecular flexibility index (Phi) is 3.18. The molecular weight excluding hydrogens is 222 g/mol. The maximum Gasteiger partial charge on any atom is 0.354 e. The van der Waals surface area contributed by atoms with Crippen LogP contribution < -0.4 is 15.2 Å². The number of nitrogens with two attached hydrogens (primary N) is 1. The van der Waals surface area contributed by atoms with Gasteiger partial charge in [-0.25, -0.2) is 4.79 Å². The van der Waals surface area contributed by atoms with Gasteiger partial charge in [-0.15, -0.1) is 0 Å². The summed E-state index contributed by atoms with van der Waals surface area (Å²) in [5.74, 6) is 0.817. The number of carbonyl (C=O) groups is 1. The highest BCUT2D eigenvalue weighted by atomic mass is 16.7. The van der Waals surface area contributed by atoms with Gasteiger partial charge < -0.3 is 19.9 Å². The maximum absolute atomic E-state index is 11.3. The minimum Gasteiger partial charge on any atom is -0.461 e. The Morgan fingerprint density at radius 2 is 2.24 bits per heavy atom. The van der Waals surface area contributed by atoms with Crippen molar-refractivity contribution in [2.75, 3.05) is 13.4 Å². The molecule has 0 saturated heterocycles. The average molecular weight is 235 g/mol. The molecule has 0 aromatic heterocycles. The summed E-state index contributed by atoms with van der Waals surface area (Å²) in [6.45, 7) is 2.25. The fourth-order valence-electron chi connectivity index (χ4n) is 1.46. The molecule has 0 aliphatic carbocycles. The number of esters is 1. The van der Waals surface area contributed by atoms with E-state index in [2.05, 4.69) is 0 Å². The highest BCUT2D eigenvalue weighted by molar-refractivity contribution is 5.92. The Morgan fingerprint density at radius 3 is 3.00 bits per heavy atom. The van der Waals surface area contributed by atoms with E-state index in [9.17, 15) is 4.79 Å². The summed E-state index contributed by atoms with van der Waals surface area (Å²) in [5, 5.41) is 0. The average Bonchev–Trinajstić information content (AvgIpc) is 2.76. The molecule has 1 aliphatic heterocycles. The van der Waals surface area contributed by atoms with E-state index in [1.807, 2.05) is 0 Å². The van der Waals surface area contributed by atoms with Crippen molar-refractivity contribution in [1.82, 2.24) is 0 Å². The molecule has 1 aliphatic rings. The van der Waals surface area contributed by atoms with Crippen molar-refractivity contribution in [3.05, 3.63) is 29.5 Å². The number of hydrogen-bond acceptors (Lipinski definition) is 5. The van der Waals surface area contributed by atoms with Gasteiger partial charge in [-0.1, -0.05) is 6.07 Å². The lowest BCUT2D eigenvalue weighted by Crippen LogP contribution is -2.14. The zero-order valence-electron chi connectivity index (χ0n) is 9.43. The molecule has 1 aromatic carbocycles. The van der Waals surface area contributed by atoms with Crippen molar-refractivity contribution >= 4 is 12.0 Å². The lowest BCUT2D eigenvalue weighted by atomic mass is 10.1. The first-order valence-electron chi connectivity index (χ1n) is 5.24. The maximum atomic E-state index is 11.3. The van der Waals surface area contributed by atoms with Crippen LogP contribution in [0.1, 0.15) is 12.5 Å². The van der Waals surface area contributed by atoms with Gasteiger partial charge in [0, 0.05) is 0 Å². The highest BCUT2D eigenvalue weighted by Gasteiger charge is 2.13. The van der Waals surface area contributed by atoms with Crippen LogP contribution in [0.3, 0.4) is 0 Å². The second-order valence-electron chi connectivity index (χ2n) is 3.43. The van der Waals surface area contributed by atoms with Crippen LogP contribution in [-0.2, 0) is 9.53 Å². The molecule has 5 heteroatoms. The Balaban J connectivity index is 2.18. The first-order chi connectivity index (χ1) is 8.20. The van der Waals surface area contributed by atoms with Crippen LogP contribution in [0, 0.1) is 0 Å². The zero-order valence-corrected chi connectivity index (χ0v) is 9.43. The first-order valence-corrected chi connectivity index (χ1v) is 5.24. The number of benzene rings is 1. The van der Waals surface area contributed by atoms with Crippen LogP contribution in [0.2, 0.25) is 0 Å². The van der Waals surface area contributed by atoms with Crippen molar-refractivity contribution in [3.8, 4) is 11.5 Å². The predicted octanol–water partition coefficient (Wildman–Crippen LogP) is 1.28. The Morgan fingerprint density at radius 1 is 1.47 bits per heavy atom. The largest absolute Gasteiger partial charge is 0.461 e. The topological polar surface area (TPSA) is 70.8 Å². The van der Waals surface area contributed by atoms with Gasteiger partial charge in [0.15, 0.2) is 11.5 Å². The Hall–Kier alpha value is -2.17. The highest BCUT2D eigenvalue weighted by Crippen LogP contribution is 2.32. The predicted molar refractivity (Wildman–Crippen MR) is 61.4 cm³/mol. The van der Waals surface area contributed by atoms with Crippen LogP contribution in [-0.4, -0.2) is 19.4 Å². The number of fused-ring (bicyclic) bond motifs is 1. The van der Waals surface area contributed by atoms with Crippen LogP contribution in [0.15, 0.2) is 23.9 Å².